The number of ether oxygens (including phenoxy) is 2. The molecule has 0 aliphatic carbocycles. The molecule has 1 saturated heterocycles. The van der Waals surface area contributed by atoms with Crippen LogP contribution < -0.4 is 9.64 Å². The maximum atomic E-state index is 13.2. The fourth-order valence-electron chi connectivity index (χ4n) is 3.66. The molecule has 10 heteroatoms. The van der Waals surface area contributed by atoms with Crippen molar-refractivity contribution in [1.29, 1.82) is 0 Å². The van der Waals surface area contributed by atoms with E-state index in [2.05, 4.69) is 4.98 Å². The van der Waals surface area contributed by atoms with E-state index in [0.29, 0.717) is 27.6 Å². The monoisotopic (exact) mass is 498 g/mol. The highest BCUT2D eigenvalue weighted by Crippen LogP contribution is 2.44. The molecule has 34 heavy (non-hydrogen) atoms. The Bertz CT molecular complexity index is 1310. The van der Waals surface area contributed by atoms with E-state index in [1.807, 2.05) is 0 Å². The molecule has 0 spiro atoms. The standard InChI is InChI=1S/C24H19ClN2O6S/c1-12-21(23(31)33-3)34-24(26-12)27-18(13-4-8-15(25)9-5-13)17(20(29)22(27)30)19(28)14-6-10-16(32-2)11-7-14/h4-11,18,28H,1-3H3/t18-/m1/s1. The Morgan fingerprint density at radius 3 is 2.32 bits per heavy atom. The molecule has 0 bridgehead atoms. The molecule has 0 saturated carbocycles. The third kappa shape index (κ3) is 4.04. The van der Waals surface area contributed by atoms with Crippen LogP contribution in [0.3, 0.4) is 0 Å². The summed E-state index contributed by atoms with van der Waals surface area (Å²) in [5.74, 6) is -2.12. The summed E-state index contributed by atoms with van der Waals surface area (Å²) < 4.78 is 9.94. The average Bonchev–Trinajstić information content (AvgIpc) is 3.35. The molecule has 1 amide bonds. The summed E-state index contributed by atoms with van der Waals surface area (Å²) in [7, 11) is 2.76. The summed E-state index contributed by atoms with van der Waals surface area (Å²) in [6.45, 7) is 1.61. The van der Waals surface area contributed by atoms with E-state index in [1.54, 1.807) is 55.5 Å². The molecule has 3 aromatic rings. The summed E-state index contributed by atoms with van der Waals surface area (Å²) in [5.41, 5.74) is 1.12. The number of aryl methyl sites for hydroxylation is 1. The van der Waals surface area contributed by atoms with Crippen LogP contribution >= 0.6 is 22.9 Å². The van der Waals surface area contributed by atoms with Crippen molar-refractivity contribution in [3.05, 3.63) is 80.8 Å². The number of amides is 1. The topological polar surface area (TPSA) is 106 Å². The Balaban J connectivity index is 1.91. The second kappa shape index (κ2) is 9.28. The molecule has 174 valence electrons. The number of anilines is 1. The fraction of sp³-hybridized carbons (Fsp3) is 0.167. The molecule has 1 fully saturated rings. The van der Waals surface area contributed by atoms with Crippen molar-refractivity contribution in [2.45, 2.75) is 13.0 Å². The van der Waals surface area contributed by atoms with Gasteiger partial charge in [-0.1, -0.05) is 35.1 Å². The third-order valence-electron chi connectivity index (χ3n) is 5.36. The average molecular weight is 499 g/mol. The van der Waals surface area contributed by atoms with E-state index in [9.17, 15) is 19.5 Å². The molecule has 4 rings (SSSR count). The Kier molecular flexibility index (Phi) is 6.41. The van der Waals surface area contributed by atoms with Gasteiger partial charge in [0.1, 0.15) is 16.4 Å². The minimum absolute atomic E-state index is 0.107. The number of hydrogen-bond acceptors (Lipinski definition) is 8. The van der Waals surface area contributed by atoms with Crippen LogP contribution in [0.1, 0.15) is 32.5 Å². The van der Waals surface area contributed by atoms with Crippen LogP contribution in [-0.2, 0) is 14.3 Å². The number of hydrogen-bond donors (Lipinski definition) is 1. The zero-order valence-corrected chi connectivity index (χ0v) is 19.9. The number of thiazole rings is 1. The van der Waals surface area contributed by atoms with Gasteiger partial charge in [0.15, 0.2) is 5.13 Å². The number of carbonyl (C=O) groups is 3. The third-order valence-corrected chi connectivity index (χ3v) is 6.74. The molecular formula is C24H19ClN2O6S. The predicted molar refractivity (Wildman–Crippen MR) is 127 cm³/mol. The number of benzene rings is 2. The summed E-state index contributed by atoms with van der Waals surface area (Å²) in [6.07, 6.45) is 0. The van der Waals surface area contributed by atoms with Gasteiger partial charge in [-0.2, -0.15) is 0 Å². The maximum Gasteiger partial charge on any atom is 0.350 e. The van der Waals surface area contributed by atoms with Gasteiger partial charge in [0.05, 0.1) is 31.5 Å². The number of esters is 1. The molecule has 8 nitrogen and oxygen atoms in total. The van der Waals surface area contributed by atoms with E-state index in [4.69, 9.17) is 21.1 Å². The Labute approximate surface area is 204 Å². The van der Waals surface area contributed by atoms with E-state index < -0.39 is 23.7 Å². The number of rotatable bonds is 5. The number of aliphatic hydroxyl groups is 1. The lowest BCUT2D eigenvalue weighted by atomic mass is 9.95. The van der Waals surface area contributed by atoms with E-state index >= 15 is 0 Å². The van der Waals surface area contributed by atoms with Gasteiger partial charge in [0.2, 0.25) is 0 Å². The van der Waals surface area contributed by atoms with Crippen molar-refractivity contribution in [1.82, 2.24) is 4.98 Å². The lowest BCUT2D eigenvalue weighted by Crippen LogP contribution is -2.29. The van der Waals surface area contributed by atoms with Gasteiger partial charge in [-0.25, -0.2) is 9.78 Å². The molecule has 2 heterocycles. The molecule has 0 unspecified atom stereocenters. The van der Waals surface area contributed by atoms with Crippen molar-refractivity contribution in [3.63, 3.8) is 0 Å². The normalized spacial score (nSPS) is 17.2. The minimum atomic E-state index is -0.990. The van der Waals surface area contributed by atoms with Crippen molar-refractivity contribution in [2.24, 2.45) is 0 Å². The van der Waals surface area contributed by atoms with Gasteiger partial charge in [0.25, 0.3) is 5.78 Å². The molecule has 1 aliphatic heterocycles. The van der Waals surface area contributed by atoms with E-state index in [1.165, 1.54) is 19.1 Å². The first-order chi connectivity index (χ1) is 16.3. The summed E-state index contributed by atoms with van der Waals surface area (Å²) in [4.78, 5) is 44.2. The lowest BCUT2D eigenvalue weighted by Gasteiger charge is -2.23. The number of ketones is 1. The quantitative estimate of drug-likeness (QED) is 0.238. The van der Waals surface area contributed by atoms with Crippen LogP contribution in [0.25, 0.3) is 5.76 Å². The number of Topliss-reactive ketones (excluding diaryl/α,β-unsaturated/α-hetero) is 1. The predicted octanol–water partition coefficient (Wildman–Crippen LogP) is 4.53. The molecule has 0 radical (unpaired) electrons. The minimum Gasteiger partial charge on any atom is -0.507 e. The highest BCUT2D eigenvalue weighted by molar-refractivity contribution is 7.17. The molecule has 1 atom stereocenters. The van der Waals surface area contributed by atoms with Crippen molar-refractivity contribution < 1.29 is 29.0 Å². The molecular weight excluding hydrogens is 480 g/mol. The van der Waals surface area contributed by atoms with Gasteiger partial charge >= 0.3 is 11.9 Å². The maximum absolute atomic E-state index is 13.2. The number of methoxy groups -OCH3 is 2. The summed E-state index contributed by atoms with van der Waals surface area (Å²) in [6, 6.07) is 12.0. The largest absolute Gasteiger partial charge is 0.507 e. The second-order valence-electron chi connectivity index (χ2n) is 7.35. The van der Waals surface area contributed by atoms with E-state index in [-0.39, 0.29) is 21.3 Å². The summed E-state index contributed by atoms with van der Waals surface area (Å²) >= 11 is 6.98. The summed E-state index contributed by atoms with van der Waals surface area (Å²) in [5, 5.41) is 11.7. The van der Waals surface area contributed by atoms with Crippen molar-refractivity contribution in [2.75, 3.05) is 19.1 Å². The lowest BCUT2D eigenvalue weighted by molar-refractivity contribution is -0.132. The van der Waals surface area contributed by atoms with Crippen LogP contribution in [0, 0.1) is 6.92 Å². The number of carbonyl (C=O) groups excluding carboxylic acids is 3. The first-order valence-electron chi connectivity index (χ1n) is 10.0. The van der Waals surface area contributed by atoms with Crippen LogP contribution in [0.4, 0.5) is 5.13 Å². The van der Waals surface area contributed by atoms with Crippen LogP contribution in [-0.4, -0.2) is 42.0 Å². The Morgan fingerprint density at radius 2 is 1.74 bits per heavy atom. The number of aliphatic hydroxyl groups excluding tert-OH is 1. The molecule has 2 aromatic carbocycles. The number of halogens is 1. The first-order valence-corrected chi connectivity index (χ1v) is 11.2. The van der Waals surface area contributed by atoms with Gasteiger partial charge in [-0.05, 0) is 48.9 Å². The van der Waals surface area contributed by atoms with Crippen LogP contribution in [0.5, 0.6) is 5.75 Å². The van der Waals surface area contributed by atoms with Crippen LogP contribution in [0.15, 0.2) is 54.1 Å². The molecule has 1 N–H and O–H groups in total. The van der Waals surface area contributed by atoms with Crippen molar-refractivity contribution in [3.8, 4) is 5.75 Å². The fourth-order valence-corrected chi connectivity index (χ4v) is 4.80. The van der Waals surface area contributed by atoms with Gasteiger partial charge < -0.3 is 14.6 Å². The van der Waals surface area contributed by atoms with Gasteiger partial charge in [0, 0.05) is 10.6 Å². The molecule has 1 aromatic heterocycles. The zero-order chi connectivity index (χ0) is 24.6. The number of nitrogens with zero attached hydrogens (tertiary/aromatic N) is 2. The highest BCUT2D eigenvalue weighted by Gasteiger charge is 2.48. The van der Waals surface area contributed by atoms with E-state index in [0.717, 1.165) is 11.3 Å². The van der Waals surface area contributed by atoms with Gasteiger partial charge in [-0.3, -0.25) is 14.5 Å². The van der Waals surface area contributed by atoms with Crippen LogP contribution in [0.2, 0.25) is 5.02 Å². The highest BCUT2D eigenvalue weighted by atomic mass is 35.5. The Morgan fingerprint density at radius 1 is 1.09 bits per heavy atom. The van der Waals surface area contributed by atoms with Gasteiger partial charge in [-0.15, -0.1) is 0 Å². The second-order valence-corrected chi connectivity index (χ2v) is 8.77. The molecule has 1 aliphatic rings. The first kappa shape index (κ1) is 23.5. The smallest absolute Gasteiger partial charge is 0.350 e. The van der Waals surface area contributed by atoms with Crippen molar-refractivity contribution >= 4 is 51.5 Å². The number of aromatic nitrogens is 1. The zero-order valence-electron chi connectivity index (χ0n) is 18.4. The SMILES string of the molecule is COC(=O)c1sc(N2C(=O)C(=O)C(=C(O)c3ccc(OC)cc3)[C@H]2c2ccc(Cl)cc2)nc1C. The Hall–Kier alpha value is -3.69.